The highest BCUT2D eigenvalue weighted by Gasteiger charge is 2.45. The summed E-state index contributed by atoms with van der Waals surface area (Å²) in [5.41, 5.74) is 0.734. The number of carboxylic acid groups (broad SMARTS) is 1. The van der Waals surface area contributed by atoms with Gasteiger partial charge < -0.3 is 19.5 Å². The van der Waals surface area contributed by atoms with Crippen LogP contribution in [0.1, 0.15) is 35.4 Å². The van der Waals surface area contributed by atoms with Gasteiger partial charge in [0.2, 0.25) is 5.82 Å². The molecule has 4 heterocycles. The van der Waals surface area contributed by atoms with E-state index in [-0.39, 0.29) is 23.4 Å². The number of amides is 1. The van der Waals surface area contributed by atoms with Crippen molar-refractivity contribution in [3.8, 4) is 0 Å². The fourth-order valence-electron chi connectivity index (χ4n) is 3.71. The van der Waals surface area contributed by atoms with Gasteiger partial charge in [-0.1, -0.05) is 6.07 Å². The number of alkyl halides is 3. The normalized spacial score (nSPS) is 22.5. The molecule has 0 unspecified atom stereocenters. The largest absolute Gasteiger partial charge is 0.490 e. The van der Waals surface area contributed by atoms with E-state index in [4.69, 9.17) is 19.4 Å². The minimum absolute atomic E-state index is 0.0400. The zero-order valence-corrected chi connectivity index (χ0v) is 17.6. The zero-order valence-electron chi connectivity index (χ0n) is 17.6. The summed E-state index contributed by atoms with van der Waals surface area (Å²) in [5, 5.41) is 7.12. The number of pyridine rings is 1. The predicted molar refractivity (Wildman–Crippen MR) is 107 cm³/mol. The fraction of sp³-hybridized carbons (Fsp3) is 0.476. The lowest BCUT2D eigenvalue weighted by Gasteiger charge is -2.39. The molecule has 12 heteroatoms. The topological polar surface area (TPSA) is 115 Å². The number of aliphatic carboxylic acids is 1. The number of carboxylic acids is 1. The van der Waals surface area contributed by atoms with Gasteiger partial charge in [0.1, 0.15) is 0 Å². The molecule has 2 aromatic rings. The number of hydrogen-bond acceptors (Lipinski definition) is 7. The van der Waals surface area contributed by atoms with Crippen LogP contribution < -0.4 is 0 Å². The monoisotopic (exact) mass is 468 g/mol. The maximum Gasteiger partial charge on any atom is 0.490 e. The van der Waals surface area contributed by atoms with Crippen LogP contribution in [0.2, 0.25) is 0 Å². The molecule has 1 N–H and O–H groups in total. The van der Waals surface area contributed by atoms with Crippen LogP contribution >= 0.6 is 0 Å². The van der Waals surface area contributed by atoms with E-state index in [0.29, 0.717) is 26.3 Å². The number of piperidine rings is 1. The van der Waals surface area contributed by atoms with Crippen molar-refractivity contribution in [1.82, 2.24) is 19.9 Å². The van der Waals surface area contributed by atoms with Crippen LogP contribution in [0.5, 0.6) is 0 Å². The first-order valence-corrected chi connectivity index (χ1v) is 10.2. The summed E-state index contributed by atoms with van der Waals surface area (Å²) in [7, 11) is 0. The number of aromatic nitrogens is 3. The van der Waals surface area contributed by atoms with E-state index in [9.17, 15) is 18.0 Å². The van der Waals surface area contributed by atoms with Gasteiger partial charge in [0.05, 0.1) is 31.5 Å². The van der Waals surface area contributed by atoms with Crippen molar-refractivity contribution >= 4 is 11.9 Å². The van der Waals surface area contributed by atoms with Crippen molar-refractivity contribution in [2.75, 3.05) is 19.7 Å². The molecule has 0 aromatic carbocycles. The van der Waals surface area contributed by atoms with E-state index in [1.807, 2.05) is 23.2 Å². The summed E-state index contributed by atoms with van der Waals surface area (Å²) in [4.78, 5) is 35.6. The van der Waals surface area contributed by atoms with Gasteiger partial charge in [-0.2, -0.15) is 13.2 Å². The molecule has 1 amide bonds. The lowest BCUT2D eigenvalue weighted by Crippen LogP contribution is -2.50. The van der Waals surface area contributed by atoms with Gasteiger partial charge in [-0.05, 0) is 30.5 Å². The molecule has 2 saturated heterocycles. The first-order chi connectivity index (χ1) is 15.7. The quantitative estimate of drug-likeness (QED) is 0.728. The molecule has 2 aliphatic heterocycles. The SMILES string of the molecule is O=C(O)C(F)(F)F.O=C(c1ncccn1)N1CCC[C@]2(C[C@@H](OCc3cccnc3)CO2)C1. The Morgan fingerprint density at radius 3 is 2.61 bits per heavy atom. The van der Waals surface area contributed by atoms with Gasteiger partial charge in [0.25, 0.3) is 5.91 Å². The van der Waals surface area contributed by atoms with E-state index in [2.05, 4.69) is 15.0 Å². The zero-order chi connectivity index (χ0) is 23.9. The maximum atomic E-state index is 12.6. The highest BCUT2D eigenvalue weighted by Crippen LogP contribution is 2.36. The lowest BCUT2D eigenvalue weighted by molar-refractivity contribution is -0.192. The summed E-state index contributed by atoms with van der Waals surface area (Å²) in [5.74, 6) is -2.65. The molecule has 0 saturated carbocycles. The Morgan fingerprint density at radius 2 is 1.97 bits per heavy atom. The third-order valence-electron chi connectivity index (χ3n) is 5.21. The van der Waals surface area contributed by atoms with Crippen LogP contribution in [0.15, 0.2) is 43.0 Å². The van der Waals surface area contributed by atoms with Crippen molar-refractivity contribution in [3.05, 3.63) is 54.4 Å². The number of likely N-dealkylation sites (tertiary alicyclic amines) is 1. The van der Waals surface area contributed by atoms with Crippen LogP contribution in [-0.4, -0.2) is 74.4 Å². The minimum Gasteiger partial charge on any atom is -0.475 e. The van der Waals surface area contributed by atoms with Gasteiger partial charge in [-0.25, -0.2) is 14.8 Å². The van der Waals surface area contributed by atoms with E-state index >= 15 is 0 Å². The lowest BCUT2D eigenvalue weighted by atomic mass is 9.89. The Balaban J connectivity index is 0.000000383. The molecule has 9 nitrogen and oxygen atoms in total. The summed E-state index contributed by atoms with van der Waals surface area (Å²) in [6.07, 6.45) is 4.36. The highest BCUT2D eigenvalue weighted by atomic mass is 19.4. The summed E-state index contributed by atoms with van der Waals surface area (Å²) in [6.45, 7) is 2.36. The van der Waals surface area contributed by atoms with Gasteiger partial charge in [-0.15, -0.1) is 0 Å². The molecule has 2 atom stereocenters. The molecular weight excluding hydrogens is 445 g/mol. The maximum absolute atomic E-state index is 12.6. The second-order valence-electron chi connectivity index (χ2n) is 7.70. The van der Waals surface area contributed by atoms with E-state index in [1.165, 1.54) is 0 Å². The molecule has 33 heavy (non-hydrogen) atoms. The summed E-state index contributed by atoms with van der Waals surface area (Å²) < 4.78 is 43.9. The predicted octanol–water partition coefficient (Wildman–Crippen LogP) is 2.49. The molecule has 1 spiro atoms. The third kappa shape index (κ3) is 6.93. The molecular formula is C21H23F3N4O5. The summed E-state index contributed by atoms with van der Waals surface area (Å²) >= 11 is 0. The number of ether oxygens (including phenoxy) is 2. The van der Waals surface area contributed by atoms with Crippen molar-refractivity contribution in [2.24, 2.45) is 0 Å². The standard InChI is InChI=1S/C19H22N4O3.C2HF3O2/c24-18(17-21-7-3-8-22-17)23-9-2-5-19(14-23)10-16(13-26-19)25-12-15-4-1-6-20-11-15;3-2(4,5)1(6)7/h1,3-4,6-8,11,16H,2,5,9-10,12-14H2;(H,6,7)/t16-,19+;/m1./s1. The number of nitrogens with zero attached hydrogens (tertiary/aromatic N) is 4. The van der Waals surface area contributed by atoms with Crippen LogP contribution in [-0.2, 0) is 20.9 Å². The van der Waals surface area contributed by atoms with E-state index in [1.54, 1.807) is 24.7 Å². The van der Waals surface area contributed by atoms with Crippen molar-refractivity contribution in [3.63, 3.8) is 0 Å². The van der Waals surface area contributed by atoms with Crippen molar-refractivity contribution in [2.45, 2.75) is 43.8 Å². The molecule has 178 valence electrons. The first-order valence-electron chi connectivity index (χ1n) is 10.2. The second-order valence-corrected chi connectivity index (χ2v) is 7.70. The Bertz CT molecular complexity index is 933. The second kappa shape index (κ2) is 10.7. The number of hydrogen-bond donors (Lipinski definition) is 1. The third-order valence-corrected chi connectivity index (χ3v) is 5.21. The van der Waals surface area contributed by atoms with Gasteiger partial charge in [-0.3, -0.25) is 9.78 Å². The minimum atomic E-state index is -5.08. The Labute approximate surface area is 187 Å². The average Bonchev–Trinajstić information content (AvgIpc) is 3.20. The van der Waals surface area contributed by atoms with E-state index in [0.717, 1.165) is 24.8 Å². The molecule has 0 radical (unpaired) electrons. The Hall–Kier alpha value is -3.12. The molecule has 2 aromatic heterocycles. The van der Waals surface area contributed by atoms with E-state index < -0.39 is 12.1 Å². The van der Waals surface area contributed by atoms with Gasteiger partial charge in [0, 0.05) is 37.8 Å². The first kappa shape index (κ1) is 24.5. The number of carbonyl (C=O) groups excluding carboxylic acids is 1. The van der Waals surface area contributed by atoms with Crippen LogP contribution in [0.25, 0.3) is 0 Å². The fourth-order valence-corrected chi connectivity index (χ4v) is 3.71. The van der Waals surface area contributed by atoms with Crippen LogP contribution in [0.4, 0.5) is 13.2 Å². The molecule has 2 aliphatic rings. The highest BCUT2D eigenvalue weighted by molar-refractivity contribution is 5.90. The van der Waals surface area contributed by atoms with Gasteiger partial charge in [0.15, 0.2) is 0 Å². The number of carbonyl (C=O) groups is 2. The molecule has 0 aliphatic carbocycles. The van der Waals surface area contributed by atoms with Crippen LogP contribution in [0.3, 0.4) is 0 Å². The van der Waals surface area contributed by atoms with Gasteiger partial charge >= 0.3 is 12.1 Å². The smallest absolute Gasteiger partial charge is 0.475 e. The van der Waals surface area contributed by atoms with Crippen LogP contribution in [0, 0.1) is 0 Å². The molecule has 2 fully saturated rings. The molecule has 4 rings (SSSR count). The Kier molecular flexibility index (Phi) is 7.92. The number of rotatable bonds is 4. The summed E-state index contributed by atoms with van der Waals surface area (Å²) in [6, 6.07) is 5.61. The number of halogens is 3. The molecule has 0 bridgehead atoms. The Morgan fingerprint density at radius 1 is 1.24 bits per heavy atom. The average molecular weight is 468 g/mol. The van der Waals surface area contributed by atoms with Crippen molar-refractivity contribution < 1.29 is 37.3 Å². The van der Waals surface area contributed by atoms with Crippen molar-refractivity contribution in [1.29, 1.82) is 0 Å².